The van der Waals surface area contributed by atoms with Crippen molar-refractivity contribution in [3.05, 3.63) is 34.1 Å². The van der Waals surface area contributed by atoms with Crippen LogP contribution in [0.2, 0.25) is 0 Å². The molecule has 1 N–H and O–H groups in total. The standard InChI is InChI=1S/C15H19F3N4O2/c16-12-9-11(22(23)24)1-2-13(12)20-5-7-21(8-6-20)14-3-4-19-10-15(14,17)18/h1-2,9,14,19H,3-8,10H2. The third-order valence-corrected chi connectivity index (χ3v) is 4.68. The van der Waals surface area contributed by atoms with Gasteiger partial charge in [0, 0.05) is 32.2 Å². The minimum absolute atomic E-state index is 0.275. The Balaban J connectivity index is 1.66. The fourth-order valence-electron chi connectivity index (χ4n) is 3.41. The van der Waals surface area contributed by atoms with Crippen LogP contribution < -0.4 is 10.2 Å². The van der Waals surface area contributed by atoms with Gasteiger partial charge in [-0.3, -0.25) is 15.0 Å². The number of hydrogen-bond acceptors (Lipinski definition) is 5. The van der Waals surface area contributed by atoms with Crippen molar-refractivity contribution < 1.29 is 18.1 Å². The number of piperidine rings is 1. The maximum atomic E-state index is 14.1. The largest absolute Gasteiger partial charge is 0.367 e. The Morgan fingerprint density at radius 1 is 1.25 bits per heavy atom. The van der Waals surface area contributed by atoms with Crippen LogP contribution in [-0.2, 0) is 0 Å². The number of nitro groups is 1. The molecule has 1 aromatic rings. The fourth-order valence-corrected chi connectivity index (χ4v) is 3.41. The highest BCUT2D eigenvalue weighted by molar-refractivity contribution is 5.52. The normalized spacial score (nSPS) is 24.8. The molecular formula is C15H19F3N4O2. The van der Waals surface area contributed by atoms with Crippen molar-refractivity contribution in [2.45, 2.75) is 18.4 Å². The first kappa shape index (κ1) is 17.0. The third kappa shape index (κ3) is 3.32. The van der Waals surface area contributed by atoms with Crippen LogP contribution in [0.3, 0.4) is 0 Å². The summed E-state index contributed by atoms with van der Waals surface area (Å²) in [6.07, 6.45) is 0.388. The Morgan fingerprint density at radius 3 is 2.54 bits per heavy atom. The van der Waals surface area contributed by atoms with Crippen LogP contribution in [0.15, 0.2) is 18.2 Å². The second kappa shape index (κ2) is 6.56. The monoisotopic (exact) mass is 344 g/mol. The van der Waals surface area contributed by atoms with Crippen LogP contribution in [0, 0.1) is 15.9 Å². The van der Waals surface area contributed by atoms with Crippen molar-refractivity contribution in [2.24, 2.45) is 0 Å². The highest BCUT2D eigenvalue weighted by Crippen LogP contribution is 2.30. The number of anilines is 1. The Morgan fingerprint density at radius 2 is 1.96 bits per heavy atom. The van der Waals surface area contributed by atoms with Gasteiger partial charge in [0.05, 0.1) is 29.3 Å². The highest BCUT2D eigenvalue weighted by Gasteiger charge is 2.45. The van der Waals surface area contributed by atoms with Crippen molar-refractivity contribution in [3.63, 3.8) is 0 Å². The molecule has 3 rings (SSSR count). The lowest BCUT2D eigenvalue weighted by molar-refractivity contribution is -0.385. The van der Waals surface area contributed by atoms with E-state index < -0.39 is 22.7 Å². The Bertz CT molecular complexity index is 621. The summed E-state index contributed by atoms with van der Waals surface area (Å²) in [4.78, 5) is 13.5. The number of alkyl halides is 2. The van der Waals surface area contributed by atoms with Crippen LogP contribution in [-0.4, -0.2) is 61.1 Å². The number of benzene rings is 1. The maximum absolute atomic E-state index is 14.1. The first-order valence-electron chi connectivity index (χ1n) is 7.90. The van der Waals surface area contributed by atoms with Gasteiger partial charge in [0.15, 0.2) is 5.82 Å². The molecule has 132 valence electrons. The van der Waals surface area contributed by atoms with Gasteiger partial charge in [-0.25, -0.2) is 13.2 Å². The van der Waals surface area contributed by atoms with Gasteiger partial charge in [0.25, 0.3) is 11.6 Å². The zero-order valence-corrected chi connectivity index (χ0v) is 13.1. The number of nitrogens with zero attached hydrogens (tertiary/aromatic N) is 3. The smallest absolute Gasteiger partial charge is 0.275 e. The molecule has 9 heteroatoms. The number of rotatable bonds is 3. The van der Waals surface area contributed by atoms with Crippen LogP contribution in [0.1, 0.15) is 6.42 Å². The summed E-state index contributed by atoms with van der Waals surface area (Å²) in [7, 11) is 0. The summed E-state index contributed by atoms with van der Waals surface area (Å²) in [6, 6.07) is 2.74. The summed E-state index contributed by atoms with van der Waals surface area (Å²) in [6.45, 7) is 1.91. The fraction of sp³-hybridized carbons (Fsp3) is 0.600. The molecule has 2 fully saturated rings. The second-order valence-electron chi connectivity index (χ2n) is 6.16. The minimum Gasteiger partial charge on any atom is -0.367 e. The summed E-state index contributed by atoms with van der Waals surface area (Å²) in [5.74, 6) is -3.43. The molecule has 2 heterocycles. The molecule has 2 aliphatic heterocycles. The number of non-ortho nitro benzene ring substituents is 1. The molecule has 0 saturated carbocycles. The van der Waals surface area contributed by atoms with Crippen molar-refractivity contribution in [2.75, 3.05) is 44.2 Å². The van der Waals surface area contributed by atoms with E-state index in [-0.39, 0.29) is 17.9 Å². The lowest BCUT2D eigenvalue weighted by atomic mass is 9.99. The van der Waals surface area contributed by atoms with E-state index in [1.54, 1.807) is 9.80 Å². The minimum atomic E-state index is -2.76. The quantitative estimate of drug-likeness (QED) is 0.670. The molecule has 0 amide bonds. The molecule has 0 bridgehead atoms. The van der Waals surface area contributed by atoms with Gasteiger partial charge in [-0.1, -0.05) is 0 Å². The number of nitrogens with one attached hydrogen (secondary N) is 1. The summed E-state index contributed by atoms with van der Waals surface area (Å²) < 4.78 is 42.1. The number of hydrogen-bond donors (Lipinski definition) is 1. The molecule has 0 aliphatic carbocycles. The molecule has 1 unspecified atom stereocenters. The Labute approximate surface area is 137 Å². The number of nitro benzene ring substituents is 1. The first-order chi connectivity index (χ1) is 11.4. The highest BCUT2D eigenvalue weighted by atomic mass is 19.3. The van der Waals surface area contributed by atoms with Crippen molar-refractivity contribution in [1.29, 1.82) is 0 Å². The van der Waals surface area contributed by atoms with Gasteiger partial charge in [0.2, 0.25) is 0 Å². The topological polar surface area (TPSA) is 61.7 Å². The van der Waals surface area contributed by atoms with Crippen molar-refractivity contribution in [1.82, 2.24) is 10.2 Å². The lowest BCUT2D eigenvalue weighted by Gasteiger charge is -2.44. The van der Waals surface area contributed by atoms with Gasteiger partial charge in [-0.2, -0.15) is 0 Å². The average molecular weight is 344 g/mol. The van der Waals surface area contributed by atoms with E-state index in [1.165, 1.54) is 12.1 Å². The van der Waals surface area contributed by atoms with Gasteiger partial charge < -0.3 is 10.2 Å². The van der Waals surface area contributed by atoms with Crippen LogP contribution in [0.5, 0.6) is 0 Å². The summed E-state index contributed by atoms with van der Waals surface area (Å²) in [5.41, 5.74) is -0.0263. The second-order valence-corrected chi connectivity index (χ2v) is 6.16. The van der Waals surface area contributed by atoms with Crippen molar-refractivity contribution >= 4 is 11.4 Å². The van der Waals surface area contributed by atoms with E-state index in [1.807, 2.05) is 0 Å². The van der Waals surface area contributed by atoms with E-state index in [2.05, 4.69) is 5.32 Å². The maximum Gasteiger partial charge on any atom is 0.275 e. The molecule has 0 radical (unpaired) electrons. The Hall–Kier alpha value is -1.87. The zero-order chi connectivity index (χ0) is 17.3. The molecular weight excluding hydrogens is 325 g/mol. The number of halogens is 3. The van der Waals surface area contributed by atoms with Gasteiger partial charge in [-0.05, 0) is 19.0 Å². The van der Waals surface area contributed by atoms with E-state index in [9.17, 15) is 23.3 Å². The van der Waals surface area contributed by atoms with E-state index in [0.29, 0.717) is 39.1 Å². The molecule has 6 nitrogen and oxygen atoms in total. The van der Waals surface area contributed by atoms with Crippen LogP contribution in [0.25, 0.3) is 0 Å². The molecule has 2 saturated heterocycles. The molecule has 0 spiro atoms. The zero-order valence-electron chi connectivity index (χ0n) is 13.1. The molecule has 24 heavy (non-hydrogen) atoms. The van der Waals surface area contributed by atoms with Gasteiger partial charge >= 0.3 is 0 Å². The molecule has 2 aliphatic rings. The summed E-state index contributed by atoms with van der Waals surface area (Å²) >= 11 is 0. The Kier molecular flexibility index (Phi) is 4.64. The van der Waals surface area contributed by atoms with Gasteiger partial charge in [0.1, 0.15) is 0 Å². The lowest BCUT2D eigenvalue weighted by Crippen LogP contribution is -2.61. The molecule has 1 aromatic carbocycles. The summed E-state index contributed by atoms with van der Waals surface area (Å²) in [5, 5.41) is 13.4. The van der Waals surface area contributed by atoms with E-state index in [0.717, 1.165) is 6.07 Å². The van der Waals surface area contributed by atoms with Crippen LogP contribution >= 0.6 is 0 Å². The predicted molar refractivity (Wildman–Crippen MR) is 83.1 cm³/mol. The average Bonchev–Trinajstić information content (AvgIpc) is 2.54. The third-order valence-electron chi connectivity index (χ3n) is 4.68. The van der Waals surface area contributed by atoms with Gasteiger partial charge in [-0.15, -0.1) is 0 Å². The van der Waals surface area contributed by atoms with E-state index in [4.69, 9.17) is 0 Å². The van der Waals surface area contributed by atoms with E-state index >= 15 is 0 Å². The molecule has 0 aromatic heterocycles. The number of piperazine rings is 1. The SMILES string of the molecule is O=[N+]([O-])c1ccc(N2CCN(C3CCNCC3(F)F)CC2)c(F)c1. The first-order valence-corrected chi connectivity index (χ1v) is 7.90. The van der Waals surface area contributed by atoms with Crippen molar-refractivity contribution in [3.8, 4) is 0 Å². The van der Waals surface area contributed by atoms with Crippen LogP contribution in [0.4, 0.5) is 24.5 Å². The predicted octanol–water partition coefficient (Wildman–Crippen LogP) is 1.85. The molecule has 1 atom stereocenters.